The third kappa shape index (κ3) is 3.41. The van der Waals surface area contributed by atoms with Gasteiger partial charge in [0.1, 0.15) is 5.75 Å². The van der Waals surface area contributed by atoms with Gasteiger partial charge in [-0.2, -0.15) is 0 Å². The average Bonchev–Trinajstić information content (AvgIpc) is 2.43. The molecular weight excluding hydrogens is 244 g/mol. The predicted octanol–water partition coefficient (Wildman–Crippen LogP) is 4.99. The molecule has 1 aromatic carbocycles. The molecule has 0 N–H and O–H groups in total. The van der Waals surface area contributed by atoms with Gasteiger partial charge < -0.3 is 4.74 Å². The largest absolute Gasteiger partial charge is 0.494 e. The number of ether oxygens (including phenoxy) is 1. The molecular formula is C16H23ClO. The van der Waals surface area contributed by atoms with E-state index in [4.69, 9.17) is 16.3 Å². The molecule has 1 aromatic rings. The standard InChI is InChI=1S/C16H23ClO/c1-2-18-15-10-8-14(9-11-15)16(12-17)13-6-4-3-5-7-13/h8-11,13,16H,2-7,12H2,1H3. The predicted molar refractivity (Wildman–Crippen MR) is 77.6 cm³/mol. The summed E-state index contributed by atoms with van der Waals surface area (Å²) in [7, 11) is 0. The van der Waals surface area contributed by atoms with Crippen molar-refractivity contribution in [1.82, 2.24) is 0 Å². The second-order valence-electron chi connectivity index (χ2n) is 5.16. The number of benzene rings is 1. The summed E-state index contributed by atoms with van der Waals surface area (Å²) in [4.78, 5) is 0. The van der Waals surface area contributed by atoms with Crippen LogP contribution in [0.2, 0.25) is 0 Å². The van der Waals surface area contributed by atoms with Crippen molar-refractivity contribution < 1.29 is 4.74 Å². The van der Waals surface area contributed by atoms with Gasteiger partial charge in [-0.1, -0.05) is 31.4 Å². The fourth-order valence-corrected chi connectivity index (χ4v) is 3.43. The van der Waals surface area contributed by atoms with Crippen LogP contribution in [0.4, 0.5) is 0 Å². The van der Waals surface area contributed by atoms with Crippen LogP contribution >= 0.6 is 11.6 Å². The van der Waals surface area contributed by atoms with Crippen molar-refractivity contribution >= 4 is 11.6 Å². The Kier molecular flexibility index (Phi) is 5.37. The van der Waals surface area contributed by atoms with Gasteiger partial charge in [-0.05, 0) is 43.4 Å². The second-order valence-corrected chi connectivity index (χ2v) is 5.47. The minimum absolute atomic E-state index is 0.516. The zero-order valence-corrected chi connectivity index (χ0v) is 12.0. The normalized spacial score (nSPS) is 18.6. The van der Waals surface area contributed by atoms with Gasteiger partial charge in [-0.25, -0.2) is 0 Å². The molecule has 0 aliphatic heterocycles. The molecule has 1 unspecified atom stereocenters. The Bertz CT molecular complexity index is 341. The SMILES string of the molecule is CCOc1ccc(C(CCl)C2CCCCC2)cc1. The van der Waals surface area contributed by atoms with Crippen molar-refractivity contribution in [3.8, 4) is 5.75 Å². The van der Waals surface area contributed by atoms with Crippen LogP contribution in [-0.2, 0) is 0 Å². The van der Waals surface area contributed by atoms with Crippen molar-refractivity contribution in [1.29, 1.82) is 0 Å². The summed E-state index contributed by atoms with van der Waals surface area (Å²) in [6.45, 7) is 2.73. The third-order valence-electron chi connectivity index (χ3n) is 4.00. The summed E-state index contributed by atoms with van der Waals surface area (Å²) in [5, 5.41) is 0. The lowest BCUT2D eigenvalue weighted by Gasteiger charge is -2.29. The number of hydrogen-bond donors (Lipinski definition) is 0. The van der Waals surface area contributed by atoms with E-state index in [0.717, 1.165) is 24.2 Å². The summed E-state index contributed by atoms with van der Waals surface area (Å²) in [5.41, 5.74) is 1.38. The van der Waals surface area contributed by atoms with Crippen LogP contribution in [0, 0.1) is 5.92 Å². The molecule has 0 saturated heterocycles. The molecule has 1 fully saturated rings. The summed E-state index contributed by atoms with van der Waals surface area (Å²) < 4.78 is 5.49. The molecule has 1 aliphatic carbocycles. The van der Waals surface area contributed by atoms with Gasteiger partial charge in [0.15, 0.2) is 0 Å². The minimum Gasteiger partial charge on any atom is -0.494 e. The highest BCUT2D eigenvalue weighted by Gasteiger charge is 2.24. The van der Waals surface area contributed by atoms with E-state index < -0.39 is 0 Å². The average molecular weight is 267 g/mol. The van der Waals surface area contributed by atoms with Crippen LogP contribution < -0.4 is 4.74 Å². The van der Waals surface area contributed by atoms with Gasteiger partial charge in [-0.15, -0.1) is 11.6 Å². The molecule has 0 spiro atoms. The molecule has 0 amide bonds. The molecule has 0 aromatic heterocycles. The first-order chi connectivity index (χ1) is 8.85. The number of rotatable bonds is 5. The maximum absolute atomic E-state index is 6.21. The van der Waals surface area contributed by atoms with E-state index in [0.29, 0.717) is 5.92 Å². The van der Waals surface area contributed by atoms with E-state index in [2.05, 4.69) is 24.3 Å². The Balaban J connectivity index is 2.06. The summed E-state index contributed by atoms with van der Waals surface area (Å²) in [6, 6.07) is 8.52. The van der Waals surface area contributed by atoms with Gasteiger partial charge in [0.25, 0.3) is 0 Å². The summed E-state index contributed by atoms with van der Waals surface area (Å²) in [6.07, 6.45) is 6.81. The van der Waals surface area contributed by atoms with Crippen molar-refractivity contribution in [3.05, 3.63) is 29.8 Å². The van der Waals surface area contributed by atoms with Gasteiger partial charge in [0.05, 0.1) is 6.61 Å². The summed E-state index contributed by atoms with van der Waals surface area (Å²) in [5.74, 6) is 2.98. The molecule has 0 radical (unpaired) electrons. The first kappa shape index (κ1) is 13.7. The molecule has 1 nitrogen and oxygen atoms in total. The zero-order valence-electron chi connectivity index (χ0n) is 11.2. The maximum Gasteiger partial charge on any atom is 0.119 e. The van der Waals surface area contributed by atoms with Gasteiger partial charge in [0.2, 0.25) is 0 Å². The number of halogens is 1. The van der Waals surface area contributed by atoms with Crippen molar-refractivity contribution in [3.63, 3.8) is 0 Å². The van der Waals surface area contributed by atoms with Crippen LogP contribution in [0.1, 0.15) is 50.5 Å². The first-order valence-corrected chi connectivity index (χ1v) is 7.67. The Morgan fingerprint density at radius 3 is 2.39 bits per heavy atom. The molecule has 2 rings (SSSR count). The van der Waals surface area contributed by atoms with Crippen molar-refractivity contribution in [2.24, 2.45) is 5.92 Å². The molecule has 0 heterocycles. The molecule has 2 heteroatoms. The quantitative estimate of drug-likeness (QED) is 0.683. The van der Waals surface area contributed by atoms with E-state index in [1.165, 1.54) is 37.7 Å². The van der Waals surface area contributed by atoms with Gasteiger partial charge in [0, 0.05) is 11.8 Å². The zero-order chi connectivity index (χ0) is 12.8. The molecule has 1 aliphatic rings. The molecule has 18 heavy (non-hydrogen) atoms. The number of alkyl halides is 1. The lowest BCUT2D eigenvalue weighted by atomic mass is 9.78. The van der Waals surface area contributed by atoms with Crippen LogP contribution in [0.15, 0.2) is 24.3 Å². The van der Waals surface area contributed by atoms with Crippen LogP contribution in [0.25, 0.3) is 0 Å². The smallest absolute Gasteiger partial charge is 0.119 e. The third-order valence-corrected chi connectivity index (χ3v) is 4.34. The summed E-state index contributed by atoms with van der Waals surface area (Å²) >= 11 is 6.21. The van der Waals surface area contributed by atoms with E-state index in [1.54, 1.807) is 0 Å². The Morgan fingerprint density at radius 1 is 1.17 bits per heavy atom. The Labute approximate surface area is 115 Å². The lowest BCUT2D eigenvalue weighted by molar-refractivity contribution is 0.317. The van der Waals surface area contributed by atoms with Crippen molar-refractivity contribution in [2.75, 3.05) is 12.5 Å². The van der Waals surface area contributed by atoms with E-state index in [9.17, 15) is 0 Å². The van der Waals surface area contributed by atoms with Crippen molar-refractivity contribution in [2.45, 2.75) is 44.9 Å². The van der Waals surface area contributed by atoms with Crippen LogP contribution in [-0.4, -0.2) is 12.5 Å². The fourth-order valence-electron chi connectivity index (χ4n) is 3.00. The molecule has 0 bridgehead atoms. The van der Waals surface area contributed by atoms with Crippen LogP contribution in [0.5, 0.6) is 5.75 Å². The van der Waals surface area contributed by atoms with Gasteiger partial charge >= 0.3 is 0 Å². The van der Waals surface area contributed by atoms with Gasteiger partial charge in [-0.3, -0.25) is 0 Å². The minimum atomic E-state index is 0.516. The Morgan fingerprint density at radius 2 is 1.83 bits per heavy atom. The highest BCUT2D eigenvalue weighted by molar-refractivity contribution is 6.18. The lowest BCUT2D eigenvalue weighted by Crippen LogP contribution is -2.17. The van der Waals surface area contributed by atoms with Crippen LogP contribution in [0.3, 0.4) is 0 Å². The van der Waals surface area contributed by atoms with E-state index in [-0.39, 0.29) is 0 Å². The highest BCUT2D eigenvalue weighted by Crippen LogP contribution is 2.37. The monoisotopic (exact) mass is 266 g/mol. The number of hydrogen-bond acceptors (Lipinski definition) is 1. The first-order valence-electron chi connectivity index (χ1n) is 7.14. The topological polar surface area (TPSA) is 9.23 Å². The second kappa shape index (κ2) is 7.04. The van der Waals surface area contributed by atoms with E-state index in [1.807, 2.05) is 6.92 Å². The maximum atomic E-state index is 6.21. The Hall–Kier alpha value is -0.690. The highest BCUT2D eigenvalue weighted by atomic mass is 35.5. The molecule has 100 valence electrons. The fraction of sp³-hybridized carbons (Fsp3) is 0.625. The van der Waals surface area contributed by atoms with E-state index >= 15 is 0 Å². The molecule has 1 saturated carbocycles. The molecule has 1 atom stereocenters.